The van der Waals surface area contributed by atoms with E-state index in [-0.39, 0.29) is 13.2 Å². The number of hydrogen-bond acceptors (Lipinski definition) is 4. The van der Waals surface area contributed by atoms with Crippen LogP contribution in [0.1, 0.15) is 16.7 Å². The second-order valence-corrected chi connectivity index (χ2v) is 6.41. The van der Waals surface area contributed by atoms with Crippen molar-refractivity contribution in [2.75, 3.05) is 12.0 Å². The zero-order valence-corrected chi connectivity index (χ0v) is 16.0. The Bertz CT molecular complexity index is 945. The van der Waals surface area contributed by atoms with Crippen LogP contribution in [0.15, 0.2) is 72.8 Å². The number of rotatable bonds is 7. The van der Waals surface area contributed by atoms with Crippen LogP contribution in [-0.4, -0.2) is 18.3 Å². The van der Waals surface area contributed by atoms with Gasteiger partial charge in [-0.25, -0.2) is 9.18 Å². The van der Waals surface area contributed by atoms with E-state index in [1.807, 2.05) is 42.5 Å². The quantitative estimate of drug-likeness (QED) is 0.632. The number of anilines is 1. The van der Waals surface area contributed by atoms with Gasteiger partial charge in [0.15, 0.2) is 0 Å². The van der Waals surface area contributed by atoms with Crippen molar-refractivity contribution in [3.63, 3.8) is 0 Å². The molecule has 0 spiro atoms. The summed E-state index contributed by atoms with van der Waals surface area (Å²) in [5.74, 6) is 0.213. The smallest absolute Gasteiger partial charge is 0.414 e. The van der Waals surface area contributed by atoms with Crippen molar-refractivity contribution >= 4 is 11.8 Å². The number of aliphatic hydroxyl groups is 1. The highest BCUT2D eigenvalue weighted by atomic mass is 19.1. The topological polar surface area (TPSA) is 59.0 Å². The third kappa shape index (κ3) is 5.33. The fourth-order valence-corrected chi connectivity index (χ4v) is 2.90. The molecule has 1 amide bonds. The highest BCUT2D eigenvalue weighted by molar-refractivity contribution is 5.88. The molecule has 0 fully saturated rings. The summed E-state index contributed by atoms with van der Waals surface area (Å²) < 4.78 is 24.3. The molecule has 0 aliphatic rings. The summed E-state index contributed by atoms with van der Waals surface area (Å²) in [5, 5.41) is 9.65. The van der Waals surface area contributed by atoms with E-state index in [0.29, 0.717) is 17.0 Å². The van der Waals surface area contributed by atoms with Gasteiger partial charge in [0.1, 0.15) is 18.2 Å². The monoisotopic (exact) mass is 395 g/mol. The number of amides is 1. The average molecular weight is 395 g/mol. The Balaban J connectivity index is 1.86. The summed E-state index contributed by atoms with van der Waals surface area (Å²) in [6.45, 7) is -0.108. The zero-order chi connectivity index (χ0) is 20.6. The molecule has 0 radical (unpaired) electrons. The van der Waals surface area contributed by atoms with Crippen molar-refractivity contribution in [1.82, 2.24) is 0 Å². The first kappa shape index (κ1) is 20.4. The molecule has 1 N–H and O–H groups in total. The van der Waals surface area contributed by atoms with E-state index in [0.717, 1.165) is 11.1 Å². The summed E-state index contributed by atoms with van der Waals surface area (Å²) in [4.78, 5) is 14.3. The maximum atomic E-state index is 13.6. The van der Waals surface area contributed by atoms with Crippen LogP contribution in [0.5, 0.6) is 5.75 Å². The molecule has 0 heterocycles. The van der Waals surface area contributed by atoms with Crippen LogP contribution >= 0.6 is 0 Å². The van der Waals surface area contributed by atoms with Gasteiger partial charge in [0, 0.05) is 5.56 Å². The summed E-state index contributed by atoms with van der Waals surface area (Å²) >= 11 is 0. The number of carbonyl (C=O) groups is 1. The van der Waals surface area contributed by atoms with Crippen LogP contribution in [0.25, 0.3) is 0 Å². The van der Waals surface area contributed by atoms with E-state index in [1.165, 1.54) is 23.1 Å². The number of aliphatic hydroxyl groups excluding tert-OH is 1. The Kier molecular flexibility index (Phi) is 6.81. The molecule has 0 unspecified atom stereocenters. The number of halogens is 1. The summed E-state index contributed by atoms with van der Waals surface area (Å²) in [7, 11) is 1.58. The maximum absolute atomic E-state index is 13.6. The van der Waals surface area contributed by atoms with Crippen molar-refractivity contribution in [3.05, 3.63) is 95.3 Å². The molecule has 0 aliphatic heterocycles. The van der Waals surface area contributed by atoms with E-state index in [1.54, 1.807) is 19.2 Å². The Morgan fingerprint density at radius 3 is 2.38 bits per heavy atom. The first-order valence-electron chi connectivity index (χ1n) is 9.11. The maximum Gasteiger partial charge on any atom is 0.414 e. The van der Waals surface area contributed by atoms with Crippen molar-refractivity contribution in [1.29, 1.82) is 0 Å². The van der Waals surface area contributed by atoms with Crippen molar-refractivity contribution in [2.45, 2.75) is 19.8 Å². The van der Waals surface area contributed by atoms with E-state index in [4.69, 9.17) is 9.47 Å². The molecule has 0 aromatic heterocycles. The Morgan fingerprint density at radius 1 is 1.00 bits per heavy atom. The zero-order valence-electron chi connectivity index (χ0n) is 16.0. The van der Waals surface area contributed by atoms with Crippen LogP contribution in [0, 0.1) is 5.82 Å². The molecule has 3 aromatic carbocycles. The van der Waals surface area contributed by atoms with Gasteiger partial charge in [-0.1, -0.05) is 42.5 Å². The molecule has 3 aromatic rings. The van der Waals surface area contributed by atoms with Crippen molar-refractivity contribution < 1.29 is 23.8 Å². The van der Waals surface area contributed by atoms with Gasteiger partial charge in [0.25, 0.3) is 0 Å². The van der Waals surface area contributed by atoms with E-state index < -0.39 is 18.5 Å². The van der Waals surface area contributed by atoms with Gasteiger partial charge in [-0.15, -0.1) is 0 Å². The number of hydrogen-bond donors (Lipinski definition) is 1. The molecular formula is C23H22FNO4. The predicted molar refractivity (Wildman–Crippen MR) is 108 cm³/mol. The fraction of sp³-hybridized carbons (Fsp3) is 0.174. The Hall–Kier alpha value is -3.38. The number of carbonyl (C=O) groups excluding carboxylic acids is 1. The van der Waals surface area contributed by atoms with Crippen LogP contribution in [-0.2, 0) is 24.5 Å². The molecule has 5 nitrogen and oxygen atoms in total. The highest BCUT2D eigenvalue weighted by Crippen LogP contribution is 2.25. The second-order valence-electron chi connectivity index (χ2n) is 6.41. The molecule has 150 valence electrons. The highest BCUT2D eigenvalue weighted by Gasteiger charge is 2.21. The molecule has 0 atom stereocenters. The molecule has 3 rings (SSSR count). The molecular weight excluding hydrogens is 373 g/mol. The minimum Gasteiger partial charge on any atom is -0.497 e. The minimum absolute atomic E-state index is 0.106. The van der Waals surface area contributed by atoms with Gasteiger partial charge in [0.2, 0.25) is 0 Å². The van der Waals surface area contributed by atoms with Gasteiger partial charge < -0.3 is 14.6 Å². The lowest BCUT2D eigenvalue weighted by Crippen LogP contribution is -2.32. The van der Waals surface area contributed by atoms with Crippen molar-refractivity contribution in [2.24, 2.45) is 0 Å². The van der Waals surface area contributed by atoms with E-state index in [2.05, 4.69) is 0 Å². The predicted octanol–water partition coefficient (Wildman–Crippen LogP) is 4.67. The average Bonchev–Trinajstić information content (AvgIpc) is 2.77. The molecule has 0 saturated heterocycles. The fourth-order valence-electron chi connectivity index (χ4n) is 2.90. The van der Waals surface area contributed by atoms with E-state index in [9.17, 15) is 14.3 Å². The lowest BCUT2D eigenvalue weighted by atomic mass is 10.1. The second kappa shape index (κ2) is 9.71. The van der Waals surface area contributed by atoms with Gasteiger partial charge in [-0.2, -0.15) is 0 Å². The van der Waals surface area contributed by atoms with Gasteiger partial charge in [0.05, 0.1) is 25.9 Å². The normalized spacial score (nSPS) is 10.4. The Labute approximate surface area is 168 Å². The molecule has 0 aliphatic carbocycles. The lowest BCUT2D eigenvalue weighted by molar-refractivity contribution is 0.146. The standard InChI is InChI=1S/C23H22FNO4/c1-28-21-10-7-17(8-11-21)14-25(22-12-9-20(24)13-19(22)15-26)23(27)29-16-18-5-3-2-4-6-18/h2-13,26H,14-16H2,1H3. The minimum atomic E-state index is -0.592. The molecule has 0 bridgehead atoms. The van der Waals surface area contributed by atoms with Gasteiger partial charge in [-0.05, 0) is 41.5 Å². The van der Waals surface area contributed by atoms with Crippen LogP contribution in [0.3, 0.4) is 0 Å². The Morgan fingerprint density at radius 2 is 1.72 bits per heavy atom. The number of benzene rings is 3. The van der Waals surface area contributed by atoms with E-state index >= 15 is 0 Å². The van der Waals surface area contributed by atoms with Crippen LogP contribution in [0.2, 0.25) is 0 Å². The third-order valence-electron chi connectivity index (χ3n) is 4.43. The third-order valence-corrected chi connectivity index (χ3v) is 4.43. The van der Waals surface area contributed by atoms with Gasteiger partial charge in [-0.3, -0.25) is 4.90 Å². The number of ether oxygens (including phenoxy) is 2. The van der Waals surface area contributed by atoms with Crippen LogP contribution < -0.4 is 9.64 Å². The number of nitrogens with zero attached hydrogens (tertiary/aromatic N) is 1. The SMILES string of the molecule is COc1ccc(CN(C(=O)OCc2ccccc2)c2ccc(F)cc2CO)cc1. The lowest BCUT2D eigenvalue weighted by Gasteiger charge is -2.24. The molecule has 0 saturated carbocycles. The molecule has 29 heavy (non-hydrogen) atoms. The summed E-state index contributed by atoms with van der Waals surface area (Å²) in [6, 6.07) is 20.5. The van der Waals surface area contributed by atoms with Gasteiger partial charge >= 0.3 is 6.09 Å². The summed E-state index contributed by atoms with van der Waals surface area (Å²) in [6.07, 6.45) is -0.592. The molecule has 6 heteroatoms. The largest absolute Gasteiger partial charge is 0.497 e. The van der Waals surface area contributed by atoms with Crippen LogP contribution in [0.4, 0.5) is 14.9 Å². The first-order valence-corrected chi connectivity index (χ1v) is 9.11. The number of methoxy groups -OCH3 is 1. The van der Waals surface area contributed by atoms with Crippen molar-refractivity contribution in [3.8, 4) is 5.75 Å². The summed E-state index contributed by atoms with van der Waals surface area (Å²) in [5.41, 5.74) is 2.38. The first-order chi connectivity index (χ1) is 14.1.